The van der Waals surface area contributed by atoms with Crippen LogP contribution >= 0.6 is 0 Å². The minimum Gasteiger partial charge on any atom is -0.372 e. The van der Waals surface area contributed by atoms with Gasteiger partial charge in [-0.15, -0.1) is 0 Å². The van der Waals surface area contributed by atoms with Gasteiger partial charge in [-0.2, -0.15) is 0 Å². The fraction of sp³-hybridized carbons (Fsp3) is 0.556. The lowest BCUT2D eigenvalue weighted by atomic mass is 10.2. The molecule has 0 spiro atoms. The Balaban J connectivity index is 2.38. The highest BCUT2D eigenvalue weighted by Gasteiger charge is 2.09. The number of hydrogen-bond donors (Lipinski definition) is 2. The van der Waals surface area contributed by atoms with Crippen molar-refractivity contribution in [1.82, 2.24) is 10.2 Å². The number of hydrogen-bond acceptors (Lipinski definition) is 4. The van der Waals surface area contributed by atoms with E-state index in [2.05, 4.69) is 34.3 Å². The van der Waals surface area contributed by atoms with Gasteiger partial charge in [0.25, 0.3) is 0 Å². The van der Waals surface area contributed by atoms with E-state index < -0.39 is 0 Å². The lowest BCUT2D eigenvalue weighted by Gasteiger charge is -2.21. The van der Waals surface area contributed by atoms with Crippen LogP contribution in [-0.2, 0) is 9.59 Å². The molecule has 0 unspecified atom stereocenters. The van der Waals surface area contributed by atoms with Crippen molar-refractivity contribution in [3.8, 4) is 0 Å². The molecule has 0 bridgehead atoms. The molecule has 0 fully saturated rings. The molecule has 6 nitrogen and oxygen atoms in total. The van der Waals surface area contributed by atoms with Crippen LogP contribution in [0.5, 0.6) is 0 Å². The van der Waals surface area contributed by atoms with Crippen LogP contribution in [0.1, 0.15) is 26.7 Å². The first-order valence-electron chi connectivity index (χ1n) is 8.52. The SMILES string of the molecule is CCN(CC)c1ccc(NC(=O)CC(=O)NCCCN(C)C)cc1. The minimum absolute atomic E-state index is 0.153. The molecule has 0 saturated carbocycles. The summed E-state index contributed by atoms with van der Waals surface area (Å²) in [6, 6.07) is 7.68. The highest BCUT2D eigenvalue weighted by Crippen LogP contribution is 2.17. The van der Waals surface area contributed by atoms with Crippen LogP contribution in [0.3, 0.4) is 0 Å². The van der Waals surface area contributed by atoms with Crippen molar-refractivity contribution in [1.29, 1.82) is 0 Å². The third kappa shape index (κ3) is 7.46. The van der Waals surface area contributed by atoms with Crippen LogP contribution in [0.2, 0.25) is 0 Å². The predicted molar refractivity (Wildman–Crippen MR) is 99.4 cm³/mol. The fourth-order valence-electron chi connectivity index (χ4n) is 2.38. The van der Waals surface area contributed by atoms with Gasteiger partial charge in [0.05, 0.1) is 0 Å². The molecule has 2 amide bonds. The number of nitrogens with one attached hydrogen (secondary N) is 2. The first-order valence-corrected chi connectivity index (χ1v) is 8.52. The maximum Gasteiger partial charge on any atom is 0.233 e. The Kier molecular flexibility index (Phi) is 8.86. The van der Waals surface area contributed by atoms with E-state index in [1.807, 2.05) is 38.4 Å². The van der Waals surface area contributed by atoms with Crippen molar-refractivity contribution in [2.45, 2.75) is 26.7 Å². The largest absolute Gasteiger partial charge is 0.372 e. The summed E-state index contributed by atoms with van der Waals surface area (Å²) < 4.78 is 0. The molecule has 0 aromatic heterocycles. The quantitative estimate of drug-likeness (QED) is 0.507. The van der Waals surface area contributed by atoms with Crippen LogP contribution < -0.4 is 15.5 Å². The summed E-state index contributed by atoms with van der Waals surface area (Å²) in [6.07, 6.45) is 0.715. The number of benzene rings is 1. The third-order valence-electron chi connectivity index (χ3n) is 3.71. The Labute approximate surface area is 145 Å². The molecular weight excluding hydrogens is 304 g/mol. The zero-order valence-electron chi connectivity index (χ0n) is 15.3. The number of carbonyl (C=O) groups excluding carboxylic acids is 2. The molecule has 1 aromatic rings. The van der Waals surface area contributed by atoms with Crippen LogP contribution in [0.15, 0.2) is 24.3 Å². The maximum absolute atomic E-state index is 11.9. The smallest absolute Gasteiger partial charge is 0.233 e. The standard InChI is InChI=1S/C18H30N4O2/c1-5-22(6-2)16-10-8-15(9-11-16)20-18(24)14-17(23)19-12-7-13-21(3)4/h8-11H,5-7,12-14H2,1-4H3,(H,19,23)(H,20,24). The van der Waals surface area contributed by atoms with Crippen LogP contribution in [0.4, 0.5) is 11.4 Å². The van der Waals surface area contributed by atoms with Crippen LogP contribution in [0, 0.1) is 0 Å². The molecular formula is C18H30N4O2. The fourth-order valence-corrected chi connectivity index (χ4v) is 2.38. The van der Waals surface area contributed by atoms with Gasteiger partial charge in [0, 0.05) is 31.0 Å². The van der Waals surface area contributed by atoms with Crippen molar-refractivity contribution in [2.75, 3.05) is 50.5 Å². The van der Waals surface area contributed by atoms with E-state index in [1.54, 1.807) is 0 Å². The molecule has 0 radical (unpaired) electrons. The van der Waals surface area contributed by atoms with Gasteiger partial charge in [0.1, 0.15) is 6.42 Å². The molecule has 1 aromatic carbocycles. The number of carbonyl (C=O) groups is 2. The van der Waals surface area contributed by atoms with Crippen molar-refractivity contribution < 1.29 is 9.59 Å². The molecule has 2 N–H and O–H groups in total. The third-order valence-corrected chi connectivity index (χ3v) is 3.71. The zero-order chi connectivity index (χ0) is 17.9. The molecule has 0 aliphatic rings. The molecule has 6 heteroatoms. The van der Waals surface area contributed by atoms with Gasteiger partial charge >= 0.3 is 0 Å². The molecule has 0 aliphatic heterocycles. The summed E-state index contributed by atoms with van der Waals surface area (Å²) in [7, 11) is 3.97. The van der Waals surface area contributed by atoms with Crippen molar-refractivity contribution in [3.05, 3.63) is 24.3 Å². The summed E-state index contributed by atoms with van der Waals surface area (Å²) in [5, 5.41) is 5.52. The zero-order valence-corrected chi connectivity index (χ0v) is 15.3. The predicted octanol–water partition coefficient (Wildman–Crippen LogP) is 1.93. The van der Waals surface area contributed by atoms with E-state index in [4.69, 9.17) is 0 Å². The van der Waals surface area contributed by atoms with E-state index in [0.717, 1.165) is 31.7 Å². The van der Waals surface area contributed by atoms with E-state index in [0.29, 0.717) is 12.2 Å². The normalized spacial score (nSPS) is 10.5. The summed E-state index contributed by atoms with van der Waals surface area (Å²) in [6.45, 7) is 7.59. The summed E-state index contributed by atoms with van der Waals surface area (Å²) in [4.78, 5) is 27.9. The Bertz CT molecular complexity index is 510. The highest BCUT2D eigenvalue weighted by atomic mass is 16.2. The van der Waals surface area contributed by atoms with Gasteiger partial charge in [0.2, 0.25) is 11.8 Å². The van der Waals surface area contributed by atoms with Crippen molar-refractivity contribution in [3.63, 3.8) is 0 Å². The highest BCUT2D eigenvalue weighted by molar-refractivity contribution is 6.03. The van der Waals surface area contributed by atoms with Gasteiger partial charge in [-0.3, -0.25) is 9.59 Å². The van der Waals surface area contributed by atoms with Crippen molar-refractivity contribution in [2.24, 2.45) is 0 Å². The minimum atomic E-state index is -0.296. The van der Waals surface area contributed by atoms with Gasteiger partial charge in [-0.1, -0.05) is 0 Å². The number of amides is 2. The Hall–Kier alpha value is -2.08. The average Bonchev–Trinajstić information content (AvgIpc) is 2.54. The summed E-state index contributed by atoms with van der Waals surface area (Å²) in [5.74, 6) is -0.540. The number of nitrogens with zero attached hydrogens (tertiary/aromatic N) is 2. The molecule has 134 valence electrons. The lowest BCUT2D eigenvalue weighted by Crippen LogP contribution is -2.30. The lowest BCUT2D eigenvalue weighted by molar-refractivity contribution is -0.126. The molecule has 1 rings (SSSR count). The number of anilines is 2. The first kappa shape index (κ1) is 20.0. The second-order valence-corrected chi connectivity index (χ2v) is 5.95. The van der Waals surface area contributed by atoms with Crippen molar-refractivity contribution >= 4 is 23.2 Å². The van der Waals surface area contributed by atoms with E-state index in [1.165, 1.54) is 0 Å². The van der Waals surface area contributed by atoms with Gasteiger partial charge < -0.3 is 20.4 Å². The van der Waals surface area contributed by atoms with E-state index in [9.17, 15) is 9.59 Å². The molecule has 24 heavy (non-hydrogen) atoms. The molecule has 0 aliphatic carbocycles. The van der Waals surface area contributed by atoms with Gasteiger partial charge in [-0.05, 0) is 65.2 Å². The van der Waals surface area contributed by atoms with Gasteiger partial charge in [0.15, 0.2) is 0 Å². The second kappa shape index (κ2) is 10.6. The second-order valence-electron chi connectivity index (χ2n) is 5.95. The van der Waals surface area contributed by atoms with E-state index in [-0.39, 0.29) is 18.2 Å². The van der Waals surface area contributed by atoms with Crippen LogP contribution in [-0.4, -0.2) is 57.0 Å². The maximum atomic E-state index is 11.9. The Morgan fingerprint density at radius 3 is 2.17 bits per heavy atom. The topological polar surface area (TPSA) is 64.7 Å². The monoisotopic (exact) mass is 334 g/mol. The molecule has 0 heterocycles. The van der Waals surface area contributed by atoms with Gasteiger partial charge in [-0.25, -0.2) is 0 Å². The Morgan fingerprint density at radius 2 is 1.62 bits per heavy atom. The average molecular weight is 334 g/mol. The molecule has 0 atom stereocenters. The summed E-state index contributed by atoms with van der Waals surface area (Å²) >= 11 is 0. The number of rotatable bonds is 10. The first-order chi connectivity index (χ1) is 11.5. The summed E-state index contributed by atoms with van der Waals surface area (Å²) in [5.41, 5.74) is 1.83. The molecule has 0 saturated heterocycles. The van der Waals surface area contributed by atoms with E-state index >= 15 is 0 Å². The van der Waals surface area contributed by atoms with Crippen LogP contribution in [0.25, 0.3) is 0 Å². The Morgan fingerprint density at radius 1 is 1.00 bits per heavy atom.